The van der Waals surface area contributed by atoms with Crippen molar-refractivity contribution in [3.05, 3.63) is 34.7 Å². The van der Waals surface area contributed by atoms with Crippen LogP contribution in [0.5, 0.6) is 0 Å². The van der Waals surface area contributed by atoms with E-state index in [1.54, 1.807) is 6.07 Å². The van der Waals surface area contributed by atoms with Gasteiger partial charge in [0.15, 0.2) is 5.03 Å². The molecule has 0 amide bonds. The number of nitrogens with zero attached hydrogens (tertiary/aromatic N) is 2. The van der Waals surface area contributed by atoms with Gasteiger partial charge in [0.1, 0.15) is 0 Å². The fraction of sp³-hybridized carbons (Fsp3) is 0.333. The summed E-state index contributed by atoms with van der Waals surface area (Å²) in [6.07, 6.45) is 6.86. The van der Waals surface area contributed by atoms with Gasteiger partial charge >= 0.3 is 0 Å². The van der Waals surface area contributed by atoms with Crippen LogP contribution < -0.4 is 10.0 Å². The number of anilines is 1. The van der Waals surface area contributed by atoms with Crippen molar-refractivity contribution in [1.29, 1.82) is 0 Å². The van der Waals surface area contributed by atoms with Gasteiger partial charge < -0.3 is 5.32 Å². The van der Waals surface area contributed by atoms with Gasteiger partial charge in [-0.05, 0) is 34.8 Å². The van der Waals surface area contributed by atoms with Crippen molar-refractivity contribution in [1.82, 2.24) is 20.5 Å². The lowest BCUT2D eigenvalue weighted by Gasteiger charge is -2.09. The van der Waals surface area contributed by atoms with E-state index in [1.807, 2.05) is 0 Å². The minimum atomic E-state index is -3.72. The maximum atomic E-state index is 12.4. The van der Waals surface area contributed by atoms with Crippen LogP contribution in [0.3, 0.4) is 0 Å². The number of hydrogen-bond acceptors (Lipinski definition) is 5. The van der Waals surface area contributed by atoms with Crippen molar-refractivity contribution in [2.45, 2.75) is 30.5 Å². The molecule has 0 aliphatic heterocycles. The molecule has 3 rings (SSSR count). The third kappa shape index (κ3) is 3.42. The maximum absolute atomic E-state index is 12.4. The average molecular weight is 372 g/mol. The predicted molar refractivity (Wildman–Crippen MR) is 81.2 cm³/mol. The molecule has 0 atom stereocenters. The topological polar surface area (TPSA) is 99.8 Å². The molecule has 1 saturated carbocycles. The zero-order valence-corrected chi connectivity index (χ0v) is 13.4. The smallest absolute Gasteiger partial charge is 0.279 e. The second-order valence-electron chi connectivity index (χ2n) is 4.84. The molecule has 2 heterocycles. The number of hydrogen-bond donors (Lipinski definition) is 3. The van der Waals surface area contributed by atoms with Crippen LogP contribution in [0, 0.1) is 0 Å². The van der Waals surface area contributed by atoms with Crippen LogP contribution in [0.1, 0.15) is 18.4 Å². The van der Waals surface area contributed by atoms with Crippen LogP contribution in [0.15, 0.2) is 34.2 Å². The minimum Gasteiger partial charge on any atom is -0.310 e. The standard InChI is InChI=1S/C12H14BrN5O2S/c13-10-7-14-4-3-11(10)18-21(19,20)12-8(6-16-17-12)5-15-9-1-2-9/h3-4,6-7,9,15H,1-2,5H2,(H,14,18)(H,16,17). The molecule has 2 aromatic rings. The summed E-state index contributed by atoms with van der Waals surface area (Å²) in [4.78, 5) is 3.90. The number of pyridine rings is 1. The number of H-pyrrole nitrogens is 1. The van der Waals surface area contributed by atoms with E-state index in [-0.39, 0.29) is 5.03 Å². The molecular formula is C12H14BrN5O2S. The second-order valence-corrected chi connectivity index (χ2v) is 7.31. The summed E-state index contributed by atoms with van der Waals surface area (Å²) in [6.45, 7) is 0.481. The quantitative estimate of drug-likeness (QED) is 0.716. The molecule has 0 unspecified atom stereocenters. The molecule has 0 spiro atoms. The zero-order valence-electron chi connectivity index (χ0n) is 11.0. The number of nitrogens with one attached hydrogen (secondary N) is 3. The predicted octanol–water partition coefficient (Wildman–Crippen LogP) is 1.62. The van der Waals surface area contributed by atoms with Gasteiger partial charge in [-0.1, -0.05) is 0 Å². The highest BCUT2D eigenvalue weighted by atomic mass is 79.9. The number of halogens is 1. The molecule has 0 aromatic carbocycles. The van der Waals surface area contributed by atoms with Crippen LogP contribution in [0.2, 0.25) is 0 Å². The molecule has 21 heavy (non-hydrogen) atoms. The van der Waals surface area contributed by atoms with Crippen LogP contribution in [-0.2, 0) is 16.6 Å². The van der Waals surface area contributed by atoms with Crippen LogP contribution in [0.4, 0.5) is 5.69 Å². The Morgan fingerprint density at radius 2 is 2.19 bits per heavy atom. The van der Waals surface area contributed by atoms with E-state index in [0.717, 1.165) is 12.8 Å². The van der Waals surface area contributed by atoms with Gasteiger partial charge in [0.2, 0.25) is 0 Å². The SMILES string of the molecule is O=S(=O)(Nc1ccncc1Br)c1[nH]ncc1CNC1CC1. The number of aromatic nitrogens is 3. The number of aromatic amines is 1. The summed E-state index contributed by atoms with van der Waals surface area (Å²) < 4.78 is 28.0. The largest absolute Gasteiger partial charge is 0.310 e. The summed E-state index contributed by atoms with van der Waals surface area (Å²) in [5, 5.41) is 9.76. The van der Waals surface area contributed by atoms with Crippen molar-refractivity contribution >= 4 is 31.6 Å². The van der Waals surface area contributed by atoms with Gasteiger partial charge in [-0.15, -0.1) is 0 Å². The molecule has 3 N–H and O–H groups in total. The van der Waals surface area contributed by atoms with E-state index < -0.39 is 10.0 Å². The van der Waals surface area contributed by atoms with E-state index in [1.165, 1.54) is 18.6 Å². The van der Waals surface area contributed by atoms with Gasteiger partial charge in [-0.3, -0.25) is 14.8 Å². The first-order valence-electron chi connectivity index (χ1n) is 6.44. The lowest BCUT2D eigenvalue weighted by atomic mass is 10.3. The Labute approximate surface area is 130 Å². The normalized spacial score (nSPS) is 15.1. The molecule has 1 fully saturated rings. The van der Waals surface area contributed by atoms with Gasteiger partial charge in [0, 0.05) is 30.5 Å². The fourth-order valence-corrected chi connectivity index (χ4v) is 3.55. The molecule has 1 aliphatic carbocycles. The molecule has 0 bridgehead atoms. The summed E-state index contributed by atoms with van der Waals surface area (Å²) in [7, 11) is -3.72. The van der Waals surface area contributed by atoms with E-state index in [9.17, 15) is 8.42 Å². The van der Waals surface area contributed by atoms with E-state index >= 15 is 0 Å². The Bertz CT molecular complexity index is 742. The van der Waals surface area contributed by atoms with Crippen molar-refractivity contribution in [3.8, 4) is 0 Å². The average Bonchev–Trinajstić information content (AvgIpc) is 3.15. The van der Waals surface area contributed by atoms with Crippen molar-refractivity contribution in [3.63, 3.8) is 0 Å². The van der Waals surface area contributed by atoms with Crippen LogP contribution in [-0.4, -0.2) is 29.6 Å². The molecular weight excluding hydrogens is 358 g/mol. The summed E-state index contributed by atoms with van der Waals surface area (Å²) >= 11 is 3.26. The van der Waals surface area contributed by atoms with E-state index in [0.29, 0.717) is 28.3 Å². The highest BCUT2D eigenvalue weighted by Crippen LogP contribution is 2.25. The summed E-state index contributed by atoms with van der Waals surface area (Å²) in [5.74, 6) is 0. The molecule has 9 heteroatoms. The first-order chi connectivity index (χ1) is 10.1. The van der Waals surface area contributed by atoms with Crippen molar-refractivity contribution < 1.29 is 8.42 Å². The fourth-order valence-electron chi connectivity index (χ4n) is 1.85. The summed E-state index contributed by atoms with van der Waals surface area (Å²) in [5.41, 5.74) is 1.06. The molecule has 7 nitrogen and oxygen atoms in total. The molecule has 0 radical (unpaired) electrons. The van der Waals surface area contributed by atoms with Crippen molar-refractivity contribution in [2.24, 2.45) is 0 Å². The third-order valence-corrected chi connectivity index (χ3v) is 5.13. The van der Waals surface area contributed by atoms with Gasteiger partial charge in [-0.2, -0.15) is 13.5 Å². The molecule has 112 valence electrons. The number of rotatable bonds is 6. The van der Waals surface area contributed by atoms with E-state index in [4.69, 9.17) is 0 Å². The molecule has 1 aliphatic rings. The van der Waals surface area contributed by atoms with Gasteiger partial charge in [0.25, 0.3) is 10.0 Å². The first kappa shape index (κ1) is 14.5. The van der Waals surface area contributed by atoms with E-state index in [2.05, 4.69) is 41.2 Å². The maximum Gasteiger partial charge on any atom is 0.279 e. The van der Waals surface area contributed by atoms with Gasteiger partial charge in [-0.25, -0.2) is 0 Å². The third-order valence-electron chi connectivity index (χ3n) is 3.12. The Balaban J connectivity index is 1.81. The van der Waals surface area contributed by atoms with Crippen LogP contribution in [0.25, 0.3) is 0 Å². The molecule has 2 aromatic heterocycles. The Kier molecular flexibility index (Phi) is 3.96. The summed E-state index contributed by atoms with van der Waals surface area (Å²) in [6, 6.07) is 2.08. The Morgan fingerprint density at radius 1 is 1.38 bits per heavy atom. The van der Waals surface area contributed by atoms with Crippen molar-refractivity contribution in [2.75, 3.05) is 4.72 Å². The highest BCUT2D eigenvalue weighted by Gasteiger charge is 2.24. The monoisotopic (exact) mass is 371 g/mol. The Morgan fingerprint density at radius 3 is 2.90 bits per heavy atom. The second kappa shape index (κ2) is 5.74. The molecule has 0 saturated heterocycles. The minimum absolute atomic E-state index is 0.0827. The van der Waals surface area contributed by atoms with Crippen LogP contribution >= 0.6 is 15.9 Å². The van der Waals surface area contributed by atoms with Gasteiger partial charge in [0.05, 0.1) is 16.4 Å². The first-order valence-corrected chi connectivity index (χ1v) is 8.72. The lowest BCUT2D eigenvalue weighted by Crippen LogP contribution is -2.20. The Hall–Kier alpha value is -1.45. The number of sulfonamides is 1. The lowest BCUT2D eigenvalue weighted by molar-refractivity contribution is 0.593. The highest BCUT2D eigenvalue weighted by molar-refractivity contribution is 9.10. The zero-order chi connectivity index (χ0) is 14.9.